The number of hydrogen-bond donors (Lipinski definition) is 2. The third-order valence-electron chi connectivity index (χ3n) is 6.15. The number of rotatable bonds is 6. The van der Waals surface area contributed by atoms with E-state index in [2.05, 4.69) is 10.6 Å². The van der Waals surface area contributed by atoms with Crippen LogP contribution in [0.1, 0.15) is 49.8 Å². The molecule has 1 saturated heterocycles. The molecule has 2 aromatic rings. The summed E-state index contributed by atoms with van der Waals surface area (Å²) in [6.07, 6.45) is 3.24. The molecule has 158 valence electrons. The zero-order chi connectivity index (χ0) is 21.1. The van der Waals surface area contributed by atoms with Gasteiger partial charge in [0, 0.05) is 29.8 Å². The van der Waals surface area contributed by atoms with Crippen LogP contribution in [0.5, 0.6) is 0 Å². The number of carbonyl (C=O) groups excluding carboxylic acids is 2. The topological polar surface area (TPSA) is 67.4 Å². The fourth-order valence-corrected chi connectivity index (χ4v) is 4.12. The van der Waals surface area contributed by atoms with Crippen LogP contribution in [-0.4, -0.2) is 25.0 Å². The molecule has 1 saturated carbocycles. The maximum atomic E-state index is 13.4. The molecule has 2 N–H and O–H groups in total. The number of nitrogens with one attached hydrogen (secondary N) is 2. The first-order valence-corrected chi connectivity index (χ1v) is 10.9. The van der Waals surface area contributed by atoms with E-state index in [-0.39, 0.29) is 23.8 Å². The Hall–Kier alpha value is -2.37. The second-order valence-electron chi connectivity index (χ2n) is 8.28. The predicted molar refractivity (Wildman–Crippen MR) is 118 cm³/mol. The highest BCUT2D eigenvalue weighted by molar-refractivity contribution is 6.30. The van der Waals surface area contributed by atoms with Gasteiger partial charge in [0.25, 0.3) is 0 Å². The molecule has 2 aromatic carbocycles. The quantitative estimate of drug-likeness (QED) is 0.708. The second kappa shape index (κ2) is 8.78. The second-order valence-corrected chi connectivity index (χ2v) is 8.72. The summed E-state index contributed by atoms with van der Waals surface area (Å²) >= 11 is 6.05. The molecular formula is C24H27ClN2O3. The van der Waals surface area contributed by atoms with Crippen molar-refractivity contribution in [3.63, 3.8) is 0 Å². The number of anilines is 1. The van der Waals surface area contributed by atoms with Crippen LogP contribution >= 0.6 is 11.6 Å². The first kappa shape index (κ1) is 20.9. The summed E-state index contributed by atoms with van der Waals surface area (Å²) in [5.41, 5.74) is 2.13. The minimum Gasteiger partial charge on any atom is -0.381 e. The first-order chi connectivity index (χ1) is 14.5. The van der Waals surface area contributed by atoms with Gasteiger partial charge in [0.1, 0.15) is 0 Å². The van der Waals surface area contributed by atoms with Gasteiger partial charge in [0.2, 0.25) is 11.8 Å². The molecule has 2 aliphatic rings. The molecule has 5 nitrogen and oxygen atoms in total. The van der Waals surface area contributed by atoms with Crippen molar-refractivity contribution < 1.29 is 14.3 Å². The number of hydrogen-bond acceptors (Lipinski definition) is 3. The van der Waals surface area contributed by atoms with Gasteiger partial charge in [0.15, 0.2) is 0 Å². The van der Waals surface area contributed by atoms with Gasteiger partial charge in [-0.05, 0) is 68.0 Å². The van der Waals surface area contributed by atoms with Gasteiger partial charge in [-0.1, -0.05) is 35.9 Å². The fraction of sp³-hybridized carbons (Fsp3) is 0.417. The third kappa shape index (κ3) is 4.52. The van der Waals surface area contributed by atoms with Gasteiger partial charge in [-0.3, -0.25) is 9.59 Å². The number of amides is 2. The molecular weight excluding hydrogens is 400 g/mol. The standard InChI is InChI=1S/C24H27ClN2O3/c1-16(17-4-10-21(11-5-17)27-22(28)18-2-3-18)26-23(29)24(12-14-30-15-13-24)19-6-8-20(25)9-7-19/h4-11,16,18H,2-3,12-15H2,1H3,(H,26,29)(H,27,28). The largest absolute Gasteiger partial charge is 0.381 e. The summed E-state index contributed by atoms with van der Waals surface area (Å²) in [6, 6.07) is 15.1. The van der Waals surface area contributed by atoms with Crippen LogP contribution in [-0.2, 0) is 19.7 Å². The van der Waals surface area contributed by atoms with Crippen molar-refractivity contribution in [2.45, 2.75) is 44.1 Å². The van der Waals surface area contributed by atoms with E-state index in [1.54, 1.807) is 0 Å². The summed E-state index contributed by atoms with van der Waals surface area (Å²) in [4.78, 5) is 25.3. The minimum atomic E-state index is -0.616. The Kier molecular flexibility index (Phi) is 6.11. The monoisotopic (exact) mass is 426 g/mol. The SMILES string of the molecule is CC(NC(=O)C1(c2ccc(Cl)cc2)CCOCC1)c1ccc(NC(=O)C2CC2)cc1. The van der Waals surface area contributed by atoms with Crippen molar-refractivity contribution in [3.05, 3.63) is 64.7 Å². The van der Waals surface area contributed by atoms with Gasteiger partial charge < -0.3 is 15.4 Å². The highest BCUT2D eigenvalue weighted by Gasteiger charge is 2.42. The molecule has 0 bridgehead atoms. The van der Waals surface area contributed by atoms with Gasteiger partial charge in [-0.15, -0.1) is 0 Å². The first-order valence-electron chi connectivity index (χ1n) is 10.5. The van der Waals surface area contributed by atoms with E-state index in [1.165, 1.54) is 0 Å². The number of benzene rings is 2. The van der Waals surface area contributed by atoms with Gasteiger partial charge in [-0.2, -0.15) is 0 Å². The lowest BCUT2D eigenvalue weighted by molar-refractivity contribution is -0.131. The summed E-state index contributed by atoms with van der Waals surface area (Å²) in [5.74, 6) is 0.270. The van der Waals surface area contributed by atoms with Crippen LogP contribution < -0.4 is 10.6 Å². The van der Waals surface area contributed by atoms with E-state index in [0.29, 0.717) is 31.1 Å². The molecule has 1 heterocycles. The lowest BCUT2D eigenvalue weighted by Gasteiger charge is -2.37. The van der Waals surface area contributed by atoms with Crippen LogP contribution in [0.4, 0.5) is 5.69 Å². The maximum absolute atomic E-state index is 13.4. The number of carbonyl (C=O) groups is 2. The molecule has 1 aliphatic carbocycles. The Labute approximate surface area is 182 Å². The Morgan fingerprint density at radius 3 is 2.27 bits per heavy atom. The molecule has 4 rings (SSSR count). The molecule has 0 aromatic heterocycles. The summed E-state index contributed by atoms with van der Waals surface area (Å²) < 4.78 is 5.54. The van der Waals surface area contributed by atoms with Crippen LogP contribution in [0.25, 0.3) is 0 Å². The summed E-state index contributed by atoms with van der Waals surface area (Å²) in [5, 5.41) is 6.79. The van der Waals surface area contributed by atoms with Crippen LogP contribution in [0.15, 0.2) is 48.5 Å². The Morgan fingerprint density at radius 2 is 1.67 bits per heavy atom. The smallest absolute Gasteiger partial charge is 0.231 e. The number of halogens is 1. The van der Waals surface area contributed by atoms with E-state index < -0.39 is 5.41 Å². The molecule has 1 aliphatic heterocycles. The van der Waals surface area contributed by atoms with Crippen molar-refractivity contribution in [1.29, 1.82) is 0 Å². The van der Waals surface area contributed by atoms with E-state index in [9.17, 15) is 9.59 Å². The van der Waals surface area contributed by atoms with Crippen molar-refractivity contribution in [3.8, 4) is 0 Å². The fourth-order valence-electron chi connectivity index (χ4n) is 4.00. The molecule has 2 fully saturated rings. The molecule has 0 radical (unpaired) electrons. The summed E-state index contributed by atoms with van der Waals surface area (Å²) in [7, 11) is 0. The van der Waals surface area contributed by atoms with E-state index >= 15 is 0 Å². The molecule has 30 heavy (non-hydrogen) atoms. The van der Waals surface area contributed by atoms with Crippen LogP contribution in [0.2, 0.25) is 5.02 Å². The Bertz CT molecular complexity index is 901. The minimum absolute atomic E-state index is 0.00624. The van der Waals surface area contributed by atoms with Crippen molar-refractivity contribution in [2.75, 3.05) is 18.5 Å². The molecule has 2 amide bonds. The van der Waals surface area contributed by atoms with Crippen molar-refractivity contribution in [1.82, 2.24) is 5.32 Å². The average Bonchev–Trinajstić information content (AvgIpc) is 3.61. The maximum Gasteiger partial charge on any atom is 0.231 e. The Morgan fingerprint density at radius 1 is 1.03 bits per heavy atom. The zero-order valence-corrected chi connectivity index (χ0v) is 17.9. The Balaban J connectivity index is 1.46. The lowest BCUT2D eigenvalue weighted by Crippen LogP contribution is -2.48. The van der Waals surface area contributed by atoms with Crippen molar-refractivity contribution in [2.24, 2.45) is 5.92 Å². The molecule has 1 atom stereocenters. The third-order valence-corrected chi connectivity index (χ3v) is 6.40. The zero-order valence-electron chi connectivity index (χ0n) is 17.1. The highest BCUT2D eigenvalue weighted by Crippen LogP contribution is 2.36. The normalized spacial score (nSPS) is 19.0. The average molecular weight is 427 g/mol. The molecule has 6 heteroatoms. The van der Waals surface area contributed by atoms with Crippen LogP contribution in [0, 0.1) is 5.92 Å². The van der Waals surface area contributed by atoms with E-state index in [1.807, 2.05) is 55.5 Å². The lowest BCUT2D eigenvalue weighted by atomic mass is 9.73. The van der Waals surface area contributed by atoms with E-state index in [4.69, 9.17) is 16.3 Å². The molecule has 1 unspecified atom stereocenters. The summed E-state index contributed by atoms with van der Waals surface area (Å²) in [6.45, 7) is 3.09. The highest BCUT2D eigenvalue weighted by atomic mass is 35.5. The predicted octanol–water partition coefficient (Wildman–Crippen LogP) is 4.61. The molecule has 0 spiro atoms. The van der Waals surface area contributed by atoms with Gasteiger partial charge in [0.05, 0.1) is 11.5 Å². The van der Waals surface area contributed by atoms with Gasteiger partial charge >= 0.3 is 0 Å². The number of ether oxygens (including phenoxy) is 1. The van der Waals surface area contributed by atoms with Crippen LogP contribution in [0.3, 0.4) is 0 Å². The van der Waals surface area contributed by atoms with Crippen molar-refractivity contribution >= 4 is 29.1 Å². The van der Waals surface area contributed by atoms with E-state index in [0.717, 1.165) is 29.7 Å². The van der Waals surface area contributed by atoms with Gasteiger partial charge in [-0.25, -0.2) is 0 Å².